The molecule has 2 aromatic rings. The van der Waals surface area contributed by atoms with Crippen LogP contribution in [0, 0.1) is 6.92 Å². The number of nitrogen functional groups attached to an aromatic ring is 1. The summed E-state index contributed by atoms with van der Waals surface area (Å²) in [6.45, 7) is 1.97. The molecule has 0 aliphatic rings. The van der Waals surface area contributed by atoms with E-state index >= 15 is 0 Å². The molecule has 2 aromatic carbocycles. The molecule has 0 aliphatic heterocycles. The first kappa shape index (κ1) is 12.1. The Morgan fingerprint density at radius 2 is 1.82 bits per heavy atom. The Hall–Kier alpha value is -1.38. The summed E-state index contributed by atoms with van der Waals surface area (Å²) in [4.78, 5) is 0. The van der Waals surface area contributed by atoms with Gasteiger partial charge in [0.15, 0.2) is 0 Å². The van der Waals surface area contributed by atoms with Gasteiger partial charge in [0.1, 0.15) is 0 Å². The highest BCUT2D eigenvalue weighted by Crippen LogP contribution is 2.29. The van der Waals surface area contributed by atoms with Gasteiger partial charge >= 0.3 is 0 Å². The number of aryl methyl sites for hydroxylation is 1. The number of para-hydroxylation sites is 1. The van der Waals surface area contributed by atoms with Crippen LogP contribution in [0.4, 0.5) is 17.1 Å². The Balaban J connectivity index is 2.31. The van der Waals surface area contributed by atoms with Crippen LogP contribution >= 0.6 is 23.2 Å². The summed E-state index contributed by atoms with van der Waals surface area (Å²) < 4.78 is 0. The van der Waals surface area contributed by atoms with Gasteiger partial charge in [0.2, 0.25) is 0 Å². The lowest BCUT2D eigenvalue weighted by atomic mass is 10.1. The largest absolute Gasteiger partial charge is 0.397 e. The van der Waals surface area contributed by atoms with Crippen LogP contribution in [0.1, 0.15) is 5.56 Å². The van der Waals surface area contributed by atoms with E-state index in [9.17, 15) is 0 Å². The van der Waals surface area contributed by atoms with Gasteiger partial charge in [0.25, 0.3) is 0 Å². The van der Waals surface area contributed by atoms with Crippen LogP contribution in [-0.2, 0) is 0 Å². The fraction of sp³-hybridized carbons (Fsp3) is 0.0769. The second-order valence-electron chi connectivity index (χ2n) is 3.79. The molecule has 0 saturated carbocycles. The number of benzene rings is 2. The number of rotatable bonds is 2. The van der Waals surface area contributed by atoms with Gasteiger partial charge in [-0.1, -0.05) is 35.3 Å². The number of hydrogen-bond donors (Lipinski definition) is 2. The molecule has 0 radical (unpaired) electrons. The first-order valence-electron chi connectivity index (χ1n) is 5.15. The zero-order valence-electron chi connectivity index (χ0n) is 9.30. The molecule has 0 aromatic heterocycles. The second-order valence-corrected chi connectivity index (χ2v) is 4.60. The van der Waals surface area contributed by atoms with Gasteiger partial charge < -0.3 is 11.1 Å². The molecule has 0 amide bonds. The molecule has 0 atom stereocenters. The van der Waals surface area contributed by atoms with Crippen molar-refractivity contribution in [3.63, 3.8) is 0 Å². The quantitative estimate of drug-likeness (QED) is 0.778. The molecule has 0 aliphatic carbocycles. The van der Waals surface area contributed by atoms with Gasteiger partial charge in [-0.15, -0.1) is 0 Å². The molecule has 0 spiro atoms. The van der Waals surface area contributed by atoms with Gasteiger partial charge in [-0.05, 0) is 36.8 Å². The third-order valence-corrected chi connectivity index (χ3v) is 3.26. The van der Waals surface area contributed by atoms with Crippen molar-refractivity contribution in [3.05, 3.63) is 52.0 Å². The SMILES string of the molecule is Cc1cccc(Nc2ccc(Cl)c(Cl)c2)c1N. The third kappa shape index (κ3) is 2.65. The fourth-order valence-electron chi connectivity index (χ4n) is 1.52. The van der Waals surface area contributed by atoms with E-state index in [1.54, 1.807) is 12.1 Å². The van der Waals surface area contributed by atoms with Crippen LogP contribution in [0.25, 0.3) is 0 Å². The van der Waals surface area contributed by atoms with Gasteiger partial charge in [-0.25, -0.2) is 0 Å². The van der Waals surface area contributed by atoms with Gasteiger partial charge in [0.05, 0.1) is 21.4 Å². The predicted molar refractivity (Wildman–Crippen MR) is 75.3 cm³/mol. The van der Waals surface area contributed by atoms with E-state index in [2.05, 4.69) is 5.32 Å². The molecule has 0 saturated heterocycles. The molecule has 0 unspecified atom stereocenters. The van der Waals surface area contributed by atoms with E-state index in [4.69, 9.17) is 28.9 Å². The minimum atomic E-state index is 0.517. The average Bonchev–Trinajstić information content (AvgIpc) is 2.30. The van der Waals surface area contributed by atoms with Crippen LogP contribution in [0.15, 0.2) is 36.4 Å². The monoisotopic (exact) mass is 266 g/mol. The molecule has 0 bridgehead atoms. The number of hydrogen-bond acceptors (Lipinski definition) is 2. The van der Waals surface area contributed by atoms with Crippen LogP contribution < -0.4 is 11.1 Å². The highest BCUT2D eigenvalue weighted by molar-refractivity contribution is 6.42. The van der Waals surface area contributed by atoms with Crippen molar-refractivity contribution in [2.75, 3.05) is 11.1 Å². The summed E-state index contributed by atoms with van der Waals surface area (Å²) in [6.07, 6.45) is 0. The number of halogens is 2. The van der Waals surface area contributed by atoms with E-state index in [0.29, 0.717) is 10.0 Å². The normalized spacial score (nSPS) is 10.3. The smallest absolute Gasteiger partial charge is 0.0620 e. The van der Waals surface area contributed by atoms with Crippen molar-refractivity contribution in [1.82, 2.24) is 0 Å². The Labute approximate surface area is 110 Å². The van der Waals surface area contributed by atoms with Gasteiger partial charge in [-0.3, -0.25) is 0 Å². The zero-order valence-corrected chi connectivity index (χ0v) is 10.8. The predicted octanol–water partition coefficient (Wildman–Crippen LogP) is 4.63. The van der Waals surface area contributed by atoms with Crippen molar-refractivity contribution >= 4 is 40.3 Å². The topological polar surface area (TPSA) is 38.0 Å². The summed E-state index contributed by atoms with van der Waals surface area (Å²) in [5, 5.41) is 4.27. The van der Waals surface area contributed by atoms with Crippen LogP contribution in [0.3, 0.4) is 0 Å². The number of nitrogens with one attached hydrogen (secondary N) is 1. The Morgan fingerprint density at radius 1 is 1.06 bits per heavy atom. The van der Waals surface area contributed by atoms with Crippen molar-refractivity contribution < 1.29 is 0 Å². The van der Waals surface area contributed by atoms with Crippen molar-refractivity contribution in [3.8, 4) is 0 Å². The average molecular weight is 267 g/mol. The minimum Gasteiger partial charge on any atom is -0.397 e. The van der Waals surface area contributed by atoms with Crippen molar-refractivity contribution in [1.29, 1.82) is 0 Å². The van der Waals surface area contributed by atoms with E-state index in [1.807, 2.05) is 31.2 Å². The molecule has 0 heterocycles. The van der Waals surface area contributed by atoms with E-state index < -0.39 is 0 Å². The first-order chi connectivity index (χ1) is 8.08. The summed E-state index contributed by atoms with van der Waals surface area (Å²) in [5.74, 6) is 0. The fourth-order valence-corrected chi connectivity index (χ4v) is 1.82. The number of anilines is 3. The maximum atomic E-state index is 5.98. The summed E-state index contributed by atoms with van der Waals surface area (Å²) in [5.41, 5.74) is 9.47. The maximum Gasteiger partial charge on any atom is 0.0620 e. The molecular weight excluding hydrogens is 255 g/mol. The molecule has 0 fully saturated rings. The molecule has 2 nitrogen and oxygen atoms in total. The molecule has 17 heavy (non-hydrogen) atoms. The molecule has 4 heteroatoms. The standard InChI is InChI=1S/C13H12Cl2N2/c1-8-3-2-4-12(13(8)16)17-9-5-6-10(14)11(15)7-9/h2-7,17H,16H2,1H3. The van der Waals surface area contributed by atoms with Crippen molar-refractivity contribution in [2.24, 2.45) is 0 Å². The highest BCUT2D eigenvalue weighted by atomic mass is 35.5. The lowest BCUT2D eigenvalue weighted by Crippen LogP contribution is -1.98. The van der Waals surface area contributed by atoms with Crippen LogP contribution in [0.5, 0.6) is 0 Å². The third-order valence-electron chi connectivity index (χ3n) is 2.52. The van der Waals surface area contributed by atoms with Crippen molar-refractivity contribution in [2.45, 2.75) is 6.92 Å². The molecular formula is C13H12Cl2N2. The summed E-state index contributed by atoms with van der Waals surface area (Å²) in [6, 6.07) is 11.2. The Bertz CT molecular complexity index is 553. The van der Waals surface area contributed by atoms with Crippen LogP contribution in [-0.4, -0.2) is 0 Å². The first-order valence-corrected chi connectivity index (χ1v) is 5.90. The molecule has 3 N–H and O–H groups in total. The molecule has 2 rings (SSSR count). The summed E-state index contributed by atoms with van der Waals surface area (Å²) >= 11 is 11.8. The zero-order chi connectivity index (χ0) is 12.4. The van der Waals surface area contributed by atoms with E-state index in [-0.39, 0.29) is 0 Å². The van der Waals surface area contributed by atoms with Gasteiger partial charge in [-0.2, -0.15) is 0 Å². The van der Waals surface area contributed by atoms with Gasteiger partial charge in [0, 0.05) is 5.69 Å². The minimum absolute atomic E-state index is 0.517. The number of nitrogens with two attached hydrogens (primary N) is 1. The maximum absolute atomic E-state index is 5.98. The highest BCUT2D eigenvalue weighted by Gasteiger charge is 2.03. The van der Waals surface area contributed by atoms with E-state index in [0.717, 1.165) is 22.6 Å². The Morgan fingerprint density at radius 3 is 2.53 bits per heavy atom. The van der Waals surface area contributed by atoms with E-state index in [1.165, 1.54) is 0 Å². The summed E-state index contributed by atoms with van der Waals surface area (Å²) in [7, 11) is 0. The lowest BCUT2D eigenvalue weighted by Gasteiger charge is -2.11. The second kappa shape index (κ2) is 4.86. The Kier molecular flexibility index (Phi) is 3.46. The van der Waals surface area contributed by atoms with Crippen LogP contribution in [0.2, 0.25) is 10.0 Å². The molecule has 88 valence electrons. The lowest BCUT2D eigenvalue weighted by molar-refractivity contribution is 1.45.